The zero-order chi connectivity index (χ0) is 15.7. The Balaban J connectivity index is 2.05. The number of esters is 2. The molecule has 0 saturated carbocycles. The molecule has 5 heteroatoms. The minimum absolute atomic E-state index is 0.144. The van der Waals surface area contributed by atoms with Gasteiger partial charge in [0.1, 0.15) is 6.10 Å². The smallest absolute Gasteiger partial charge is 0.338 e. The summed E-state index contributed by atoms with van der Waals surface area (Å²) in [5, 5.41) is 11.0. The Morgan fingerprint density at radius 3 is 2.73 bits per heavy atom. The number of hydrogen-bond acceptors (Lipinski definition) is 5. The molecule has 1 aromatic rings. The Morgan fingerprint density at radius 1 is 1.32 bits per heavy atom. The van der Waals surface area contributed by atoms with E-state index in [0.717, 1.165) is 18.4 Å². The molecule has 118 valence electrons. The van der Waals surface area contributed by atoms with Gasteiger partial charge < -0.3 is 14.6 Å². The highest BCUT2D eigenvalue weighted by Gasteiger charge is 2.56. The molecular weight excluding hydrogens is 284 g/mol. The molecule has 2 aliphatic rings. The van der Waals surface area contributed by atoms with Gasteiger partial charge in [0.2, 0.25) is 0 Å². The molecule has 1 aromatic carbocycles. The number of carbonyl (C=O) groups is 2. The molecule has 5 nitrogen and oxygen atoms in total. The van der Waals surface area contributed by atoms with Gasteiger partial charge in [-0.25, -0.2) is 4.79 Å². The van der Waals surface area contributed by atoms with E-state index in [1.54, 1.807) is 0 Å². The zero-order valence-corrected chi connectivity index (χ0v) is 12.5. The normalized spacial score (nSPS) is 34.5. The molecule has 2 fully saturated rings. The van der Waals surface area contributed by atoms with E-state index in [1.807, 2.05) is 30.3 Å². The molecule has 2 heterocycles. The van der Waals surface area contributed by atoms with E-state index in [9.17, 15) is 14.7 Å². The van der Waals surface area contributed by atoms with E-state index in [1.165, 1.54) is 7.11 Å². The van der Waals surface area contributed by atoms with Crippen molar-refractivity contribution >= 4 is 11.9 Å². The Kier molecular flexibility index (Phi) is 3.91. The second-order valence-electron chi connectivity index (χ2n) is 6.10. The Labute approximate surface area is 129 Å². The van der Waals surface area contributed by atoms with Crippen LogP contribution >= 0.6 is 0 Å². The number of carbonyl (C=O) groups excluding carboxylic acids is 2. The lowest BCUT2D eigenvalue weighted by Crippen LogP contribution is -2.50. The van der Waals surface area contributed by atoms with Gasteiger partial charge in [-0.3, -0.25) is 4.79 Å². The van der Waals surface area contributed by atoms with Crippen LogP contribution in [0.5, 0.6) is 0 Å². The number of hydrogen-bond donors (Lipinski definition) is 1. The lowest BCUT2D eigenvalue weighted by atomic mass is 9.72. The van der Waals surface area contributed by atoms with E-state index >= 15 is 0 Å². The first-order valence-corrected chi connectivity index (χ1v) is 7.62. The summed E-state index contributed by atoms with van der Waals surface area (Å²) < 4.78 is 10.4. The standard InChI is InChI=1S/C17H20O5/c1-21-16(19)17(20)10-12(11-6-3-2-4-7-11)14-9-5-8-13(17)15(18)22-14/h2-4,6-7,12-14,20H,5,8-10H2,1H3/t12-,13-,14-,17-/m1/s1. The number of benzene rings is 1. The van der Waals surface area contributed by atoms with Crippen LogP contribution in [0.4, 0.5) is 0 Å². The summed E-state index contributed by atoms with van der Waals surface area (Å²) in [6, 6.07) is 9.58. The highest BCUT2D eigenvalue weighted by atomic mass is 16.6. The van der Waals surface area contributed by atoms with Crippen LogP contribution in [0.3, 0.4) is 0 Å². The maximum absolute atomic E-state index is 12.3. The van der Waals surface area contributed by atoms with Crippen molar-refractivity contribution in [3.05, 3.63) is 35.9 Å². The van der Waals surface area contributed by atoms with Crippen LogP contribution in [-0.4, -0.2) is 35.9 Å². The second-order valence-corrected chi connectivity index (χ2v) is 6.10. The molecule has 0 aliphatic carbocycles. The fraction of sp³-hybridized carbons (Fsp3) is 0.529. The topological polar surface area (TPSA) is 72.8 Å². The van der Waals surface area contributed by atoms with Gasteiger partial charge in [-0.15, -0.1) is 0 Å². The average Bonchev–Trinajstić information content (AvgIpc) is 2.78. The number of aliphatic hydroxyl groups is 1. The minimum atomic E-state index is -1.82. The maximum atomic E-state index is 12.3. The first-order chi connectivity index (χ1) is 10.6. The van der Waals surface area contributed by atoms with Crippen molar-refractivity contribution < 1.29 is 24.2 Å². The largest absolute Gasteiger partial charge is 0.467 e. The summed E-state index contributed by atoms with van der Waals surface area (Å²) in [5.41, 5.74) is -0.855. The quantitative estimate of drug-likeness (QED) is 0.843. The van der Waals surface area contributed by atoms with Crippen molar-refractivity contribution in [2.24, 2.45) is 5.92 Å². The lowest BCUT2D eigenvalue weighted by molar-refractivity contribution is -0.177. The predicted octanol–water partition coefficient (Wildman–Crippen LogP) is 1.79. The average molecular weight is 304 g/mol. The molecule has 2 aliphatic heterocycles. The molecule has 2 saturated heterocycles. The predicted molar refractivity (Wildman–Crippen MR) is 78.0 cm³/mol. The Bertz CT molecular complexity index is 570. The van der Waals surface area contributed by atoms with Crippen LogP contribution in [0.25, 0.3) is 0 Å². The third kappa shape index (κ3) is 2.39. The van der Waals surface area contributed by atoms with Crippen LogP contribution in [0.15, 0.2) is 30.3 Å². The molecular formula is C17H20O5. The third-order valence-electron chi connectivity index (χ3n) is 4.86. The van der Waals surface area contributed by atoms with Crippen LogP contribution in [0, 0.1) is 5.92 Å². The van der Waals surface area contributed by atoms with Crippen molar-refractivity contribution in [3.8, 4) is 0 Å². The molecule has 0 aromatic heterocycles. The maximum Gasteiger partial charge on any atom is 0.338 e. The molecule has 2 bridgehead atoms. The van der Waals surface area contributed by atoms with Gasteiger partial charge in [0.05, 0.1) is 13.0 Å². The highest BCUT2D eigenvalue weighted by Crippen LogP contribution is 2.45. The van der Waals surface area contributed by atoms with E-state index in [0.29, 0.717) is 6.42 Å². The van der Waals surface area contributed by atoms with Gasteiger partial charge in [-0.2, -0.15) is 0 Å². The molecule has 3 rings (SSSR count). The molecule has 1 N–H and O–H groups in total. The fourth-order valence-corrected chi connectivity index (χ4v) is 3.69. The van der Waals surface area contributed by atoms with Crippen molar-refractivity contribution in [3.63, 3.8) is 0 Å². The van der Waals surface area contributed by atoms with Crippen molar-refractivity contribution in [2.75, 3.05) is 7.11 Å². The summed E-state index contributed by atoms with van der Waals surface area (Å²) in [6.45, 7) is 0. The SMILES string of the molecule is COC(=O)[C@@]1(O)C[C@H](c2ccccc2)[C@H]2CCC[C@@H]1C(=O)O2. The number of methoxy groups -OCH3 is 1. The van der Waals surface area contributed by atoms with Crippen LogP contribution < -0.4 is 0 Å². The summed E-state index contributed by atoms with van der Waals surface area (Å²) in [5.74, 6) is -2.30. The second kappa shape index (κ2) is 5.72. The van der Waals surface area contributed by atoms with E-state index in [4.69, 9.17) is 9.47 Å². The highest BCUT2D eigenvalue weighted by molar-refractivity contribution is 5.88. The fourth-order valence-electron chi connectivity index (χ4n) is 3.69. The van der Waals surface area contributed by atoms with E-state index < -0.39 is 23.5 Å². The van der Waals surface area contributed by atoms with Gasteiger partial charge in [0.15, 0.2) is 5.60 Å². The van der Waals surface area contributed by atoms with Crippen molar-refractivity contribution in [1.29, 1.82) is 0 Å². The van der Waals surface area contributed by atoms with Crippen molar-refractivity contribution in [2.45, 2.75) is 43.3 Å². The van der Waals surface area contributed by atoms with Crippen molar-refractivity contribution in [1.82, 2.24) is 0 Å². The summed E-state index contributed by atoms with van der Waals surface area (Å²) in [6.07, 6.45) is 1.77. The van der Waals surface area contributed by atoms with Gasteiger partial charge >= 0.3 is 11.9 Å². The number of ether oxygens (including phenoxy) is 2. The van der Waals surface area contributed by atoms with Crippen LogP contribution in [0.2, 0.25) is 0 Å². The monoisotopic (exact) mass is 304 g/mol. The Morgan fingerprint density at radius 2 is 2.05 bits per heavy atom. The zero-order valence-electron chi connectivity index (χ0n) is 12.5. The first-order valence-electron chi connectivity index (χ1n) is 7.62. The van der Waals surface area contributed by atoms with Gasteiger partial charge in [-0.1, -0.05) is 30.3 Å². The minimum Gasteiger partial charge on any atom is -0.467 e. The summed E-state index contributed by atoms with van der Waals surface area (Å²) in [4.78, 5) is 24.5. The van der Waals surface area contributed by atoms with E-state index in [-0.39, 0.29) is 18.4 Å². The number of rotatable bonds is 2. The molecule has 4 atom stereocenters. The molecule has 0 radical (unpaired) electrons. The molecule has 0 spiro atoms. The third-order valence-corrected chi connectivity index (χ3v) is 4.86. The molecule has 0 amide bonds. The first kappa shape index (κ1) is 15.0. The molecule has 22 heavy (non-hydrogen) atoms. The molecule has 0 unspecified atom stereocenters. The summed E-state index contributed by atoms with van der Waals surface area (Å²) >= 11 is 0. The van der Waals surface area contributed by atoms with Gasteiger partial charge in [-0.05, 0) is 31.2 Å². The Hall–Kier alpha value is -1.88. The van der Waals surface area contributed by atoms with E-state index in [2.05, 4.69) is 0 Å². The van der Waals surface area contributed by atoms with Gasteiger partial charge in [0.25, 0.3) is 0 Å². The van der Waals surface area contributed by atoms with Crippen LogP contribution in [-0.2, 0) is 19.1 Å². The summed E-state index contributed by atoms with van der Waals surface area (Å²) in [7, 11) is 1.23. The lowest BCUT2D eigenvalue weighted by Gasteiger charge is -2.34. The number of fused-ring (bicyclic) bond motifs is 3. The van der Waals surface area contributed by atoms with Gasteiger partial charge in [0, 0.05) is 5.92 Å². The van der Waals surface area contributed by atoms with Crippen LogP contribution in [0.1, 0.15) is 37.2 Å².